The Bertz CT molecular complexity index is 635. The van der Waals surface area contributed by atoms with Crippen molar-refractivity contribution in [2.75, 3.05) is 0 Å². The zero-order chi connectivity index (χ0) is 14.0. The van der Waals surface area contributed by atoms with Gasteiger partial charge in [-0.3, -0.25) is 0 Å². The number of hydrogen-bond donors (Lipinski definition) is 1. The van der Waals surface area contributed by atoms with E-state index in [1.54, 1.807) is 0 Å². The zero-order valence-corrected chi connectivity index (χ0v) is 13.9. The topological polar surface area (TPSA) is 73.1 Å². The number of nitrogens with two attached hydrogens (primary N) is 1. The van der Waals surface area contributed by atoms with E-state index in [-0.39, 0.29) is 22.8 Å². The third-order valence-electron chi connectivity index (χ3n) is 3.05. The van der Waals surface area contributed by atoms with E-state index in [0.29, 0.717) is 12.8 Å². The standard InChI is InChI=1S/C13H18N2O2S2.ClH/c1-3-10(8-9(2)14)19(16,17)13-15-11-6-4-5-7-12(11)18-13;/h4-7,9-10H,3,8,14H2,1-2H3;1H/t9?,10-;/m1./s1. The van der Waals surface area contributed by atoms with Gasteiger partial charge in [0, 0.05) is 6.04 Å². The summed E-state index contributed by atoms with van der Waals surface area (Å²) in [5.74, 6) is 0. The van der Waals surface area contributed by atoms with Crippen molar-refractivity contribution < 1.29 is 8.42 Å². The molecule has 20 heavy (non-hydrogen) atoms. The molecule has 1 heterocycles. The lowest BCUT2D eigenvalue weighted by molar-refractivity contribution is 0.546. The molecular formula is C13H19ClN2O2S2. The molecule has 0 spiro atoms. The first-order chi connectivity index (χ1) is 8.95. The quantitative estimate of drug-likeness (QED) is 0.912. The summed E-state index contributed by atoms with van der Waals surface area (Å²) >= 11 is 1.24. The minimum atomic E-state index is -3.38. The molecule has 0 saturated heterocycles. The molecule has 2 rings (SSSR count). The largest absolute Gasteiger partial charge is 0.328 e. The fraction of sp³-hybridized carbons (Fsp3) is 0.462. The number of rotatable bonds is 5. The van der Waals surface area contributed by atoms with Crippen LogP contribution in [-0.2, 0) is 9.84 Å². The van der Waals surface area contributed by atoms with Gasteiger partial charge in [-0.15, -0.1) is 23.7 Å². The summed E-state index contributed by atoms with van der Waals surface area (Å²) in [6.45, 7) is 3.70. The fourth-order valence-electron chi connectivity index (χ4n) is 2.04. The second-order valence-electron chi connectivity index (χ2n) is 4.74. The molecule has 0 aliphatic carbocycles. The highest BCUT2D eigenvalue weighted by molar-refractivity contribution is 7.94. The summed E-state index contributed by atoms with van der Waals surface area (Å²) in [4.78, 5) is 4.25. The van der Waals surface area contributed by atoms with Crippen molar-refractivity contribution in [2.45, 2.75) is 42.3 Å². The van der Waals surface area contributed by atoms with Crippen LogP contribution in [0, 0.1) is 0 Å². The molecule has 1 aromatic heterocycles. The van der Waals surface area contributed by atoms with Gasteiger partial charge >= 0.3 is 0 Å². The molecule has 0 aliphatic heterocycles. The van der Waals surface area contributed by atoms with E-state index in [9.17, 15) is 8.42 Å². The van der Waals surface area contributed by atoms with Crippen molar-refractivity contribution in [1.29, 1.82) is 0 Å². The van der Waals surface area contributed by atoms with Crippen molar-refractivity contribution in [1.82, 2.24) is 4.98 Å². The smallest absolute Gasteiger partial charge is 0.210 e. The van der Waals surface area contributed by atoms with E-state index >= 15 is 0 Å². The Hall–Kier alpha value is -0.690. The number of halogens is 1. The van der Waals surface area contributed by atoms with Crippen LogP contribution < -0.4 is 5.73 Å². The van der Waals surface area contributed by atoms with Crippen LogP contribution in [0.15, 0.2) is 28.6 Å². The number of para-hydroxylation sites is 1. The van der Waals surface area contributed by atoms with Crippen LogP contribution in [0.3, 0.4) is 0 Å². The monoisotopic (exact) mass is 334 g/mol. The second kappa shape index (κ2) is 6.85. The van der Waals surface area contributed by atoms with Crippen molar-refractivity contribution in [3.8, 4) is 0 Å². The summed E-state index contributed by atoms with van der Waals surface area (Å²) in [6, 6.07) is 7.33. The summed E-state index contributed by atoms with van der Waals surface area (Å²) in [5, 5.41) is -0.451. The summed E-state index contributed by atoms with van der Waals surface area (Å²) in [7, 11) is -3.38. The zero-order valence-electron chi connectivity index (χ0n) is 11.4. The molecule has 0 amide bonds. The minimum absolute atomic E-state index is 0. The first kappa shape index (κ1) is 17.4. The highest BCUT2D eigenvalue weighted by Gasteiger charge is 2.29. The van der Waals surface area contributed by atoms with Crippen LogP contribution in [-0.4, -0.2) is 24.7 Å². The number of nitrogens with zero attached hydrogens (tertiary/aromatic N) is 1. The molecule has 0 bridgehead atoms. The number of sulfone groups is 1. The first-order valence-corrected chi connectivity index (χ1v) is 8.66. The van der Waals surface area contributed by atoms with Gasteiger partial charge in [0.15, 0.2) is 0 Å². The van der Waals surface area contributed by atoms with Crippen LogP contribution in [0.2, 0.25) is 0 Å². The number of fused-ring (bicyclic) bond motifs is 1. The molecule has 0 radical (unpaired) electrons. The number of hydrogen-bond acceptors (Lipinski definition) is 5. The minimum Gasteiger partial charge on any atom is -0.328 e. The molecule has 0 saturated carbocycles. The number of thiazole rings is 1. The van der Waals surface area contributed by atoms with Crippen LogP contribution >= 0.6 is 23.7 Å². The predicted octanol–water partition coefficient (Wildman–Crippen LogP) is 3.01. The Balaban J connectivity index is 0.00000200. The SMILES string of the molecule is CC[C@H](CC(C)N)S(=O)(=O)c1nc2ccccc2s1.Cl. The third kappa shape index (κ3) is 3.49. The Kier molecular flexibility index (Phi) is 5.94. The molecule has 2 aromatic rings. The van der Waals surface area contributed by atoms with E-state index in [2.05, 4.69) is 4.98 Å². The van der Waals surface area contributed by atoms with E-state index in [4.69, 9.17) is 5.73 Å². The van der Waals surface area contributed by atoms with E-state index in [0.717, 1.165) is 10.2 Å². The molecule has 7 heteroatoms. The second-order valence-corrected chi connectivity index (χ2v) is 8.17. The molecule has 0 fully saturated rings. The molecule has 2 atom stereocenters. The summed E-state index contributed by atoms with van der Waals surface area (Å²) < 4.78 is 26.2. The summed E-state index contributed by atoms with van der Waals surface area (Å²) in [6.07, 6.45) is 1.02. The average molecular weight is 335 g/mol. The van der Waals surface area contributed by atoms with Crippen LogP contribution in [0.4, 0.5) is 0 Å². The number of aromatic nitrogens is 1. The number of benzene rings is 1. The lowest BCUT2D eigenvalue weighted by Crippen LogP contribution is -2.29. The lowest BCUT2D eigenvalue weighted by Gasteiger charge is -2.15. The van der Waals surface area contributed by atoms with Gasteiger partial charge in [-0.1, -0.05) is 19.1 Å². The Morgan fingerprint density at radius 2 is 2.00 bits per heavy atom. The predicted molar refractivity (Wildman–Crippen MR) is 86.4 cm³/mol. The molecule has 112 valence electrons. The van der Waals surface area contributed by atoms with Crippen molar-refractivity contribution in [3.05, 3.63) is 24.3 Å². The maximum absolute atomic E-state index is 12.6. The maximum Gasteiger partial charge on any atom is 0.210 e. The Morgan fingerprint density at radius 1 is 1.35 bits per heavy atom. The van der Waals surface area contributed by atoms with Gasteiger partial charge in [0.05, 0.1) is 15.5 Å². The van der Waals surface area contributed by atoms with Crippen LogP contribution in [0.25, 0.3) is 10.2 Å². The molecule has 1 aromatic carbocycles. The van der Waals surface area contributed by atoms with Gasteiger partial charge in [0.1, 0.15) is 0 Å². The third-order valence-corrected chi connectivity index (χ3v) is 6.81. The van der Waals surface area contributed by atoms with E-state index in [1.165, 1.54) is 11.3 Å². The van der Waals surface area contributed by atoms with Gasteiger partial charge in [0.25, 0.3) is 0 Å². The Labute approximate surface area is 129 Å². The molecule has 4 nitrogen and oxygen atoms in total. The lowest BCUT2D eigenvalue weighted by atomic mass is 10.1. The molecule has 2 N–H and O–H groups in total. The molecular weight excluding hydrogens is 316 g/mol. The fourth-order valence-corrected chi connectivity index (χ4v) is 5.39. The van der Waals surface area contributed by atoms with Crippen LogP contribution in [0.5, 0.6) is 0 Å². The highest BCUT2D eigenvalue weighted by Crippen LogP contribution is 2.29. The van der Waals surface area contributed by atoms with Crippen molar-refractivity contribution >= 4 is 43.8 Å². The van der Waals surface area contributed by atoms with Gasteiger partial charge in [0.2, 0.25) is 14.2 Å². The van der Waals surface area contributed by atoms with Gasteiger partial charge < -0.3 is 5.73 Å². The van der Waals surface area contributed by atoms with Gasteiger partial charge in [-0.05, 0) is 31.9 Å². The van der Waals surface area contributed by atoms with Crippen LogP contribution in [0.1, 0.15) is 26.7 Å². The summed E-state index contributed by atoms with van der Waals surface area (Å²) in [5.41, 5.74) is 6.48. The normalized spacial score (nSPS) is 14.8. The van der Waals surface area contributed by atoms with E-state index in [1.807, 2.05) is 38.1 Å². The molecule has 0 aliphatic rings. The highest BCUT2D eigenvalue weighted by atomic mass is 35.5. The first-order valence-electron chi connectivity index (χ1n) is 6.30. The van der Waals surface area contributed by atoms with Gasteiger partial charge in [-0.25, -0.2) is 13.4 Å². The molecule has 1 unspecified atom stereocenters. The van der Waals surface area contributed by atoms with E-state index < -0.39 is 15.1 Å². The van der Waals surface area contributed by atoms with Crippen molar-refractivity contribution in [3.63, 3.8) is 0 Å². The average Bonchev–Trinajstić information content (AvgIpc) is 2.80. The van der Waals surface area contributed by atoms with Crippen molar-refractivity contribution in [2.24, 2.45) is 5.73 Å². The maximum atomic E-state index is 12.6. The Morgan fingerprint density at radius 3 is 2.55 bits per heavy atom. The van der Waals surface area contributed by atoms with Gasteiger partial charge in [-0.2, -0.15) is 0 Å².